The van der Waals surface area contributed by atoms with Gasteiger partial charge >= 0.3 is 0 Å². The first-order chi connectivity index (χ1) is 28.8. The van der Waals surface area contributed by atoms with Crippen LogP contribution in [-0.4, -0.2) is 67.3 Å². The highest BCUT2D eigenvalue weighted by Gasteiger charge is 2.19. The molecule has 0 aliphatic rings. The first kappa shape index (κ1) is 44.8. The zero-order chi connectivity index (χ0) is 43.4. The van der Waals surface area contributed by atoms with Crippen LogP contribution in [0.15, 0.2) is 95.0 Å². The first-order valence-corrected chi connectivity index (χ1v) is 22.4. The molecule has 316 valence electrons. The highest BCUT2D eigenvalue weighted by atomic mass is 32.2. The van der Waals surface area contributed by atoms with Crippen molar-refractivity contribution < 1.29 is 27.4 Å². The third kappa shape index (κ3) is 11.5. The Morgan fingerprint density at radius 2 is 0.917 bits per heavy atom. The Morgan fingerprint density at radius 1 is 0.567 bits per heavy atom. The van der Waals surface area contributed by atoms with Gasteiger partial charge in [-0.25, -0.2) is 18.4 Å². The monoisotopic (exact) mass is 852 g/mol. The number of rotatable bonds is 16. The lowest BCUT2D eigenvalue weighted by Gasteiger charge is -2.18. The van der Waals surface area contributed by atoms with E-state index in [-0.39, 0.29) is 16.8 Å². The number of ether oxygens (including phenoxy) is 4. The largest absolute Gasteiger partial charge is 0.493 e. The second kappa shape index (κ2) is 20.6. The highest BCUT2D eigenvalue weighted by Crippen LogP contribution is 2.42. The Kier molecular flexibility index (Phi) is 15.4. The van der Waals surface area contributed by atoms with Gasteiger partial charge < -0.3 is 41.9 Å². The SMILES string of the molecule is CCOc1cc(Cc2cnc(N)nc2N)cc(OCC)c1-c1ccc(S(C)(=O)=O)cc1.CCOc1cc(Cc2cnc(N)nc2N)cc(OCC)c1-c1ccc(SC)cc1. The first-order valence-electron chi connectivity index (χ1n) is 19.3. The zero-order valence-corrected chi connectivity index (χ0v) is 36.3. The minimum Gasteiger partial charge on any atom is -0.493 e. The van der Waals surface area contributed by atoms with Gasteiger partial charge in [0, 0.05) is 47.5 Å². The molecule has 0 radical (unpaired) electrons. The predicted molar refractivity (Wildman–Crippen MR) is 241 cm³/mol. The van der Waals surface area contributed by atoms with Crippen molar-refractivity contribution in [1.29, 1.82) is 0 Å². The molecule has 8 N–H and O–H groups in total. The number of benzene rings is 4. The van der Waals surface area contributed by atoms with E-state index in [9.17, 15) is 8.42 Å². The van der Waals surface area contributed by atoms with Crippen LogP contribution in [0.5, 0.6) is 23.0 Å². The lowest BCUT2D eigenvalue weighted by molar-refractivity contribution is 0.325. The van der Waals surface area contributed by atoms with Crippen molar-refractivity contribution in [3.63, 3.8) is 0 Å². The summed E-state index contributed by atoms with van der Waals surface area (Å²) in [6.07, 6.45) is 7.54. The average Bonchev–Trinajstić information content (AvgIpc) is 3.21. The van der Waals surface area contributed by atoms with Crippen LogP contribution >= 0.6 is 11.8 Å². The van der Waals surface area contributed by atoms with E-state index in [1.165, 1.54) is 11.2 Å². The van der Waals surface area contributed by atoms with Gasteiger partial charge in [-0.2, -0.15) is 9.97 Å². The zero-order valence-electron chi connectivity index (χ0n) is 34.7. The van der Waals surface area contributed by atoms with Crippen LogP contribution in [0.2, 0.25) is 0 Å². The normalized spacial score (nSPS) is 11.0. The van der Waals surface area contributed by atoms with Crippen LogP contribution in [0, 0.1) is 0 Å². The lowest BCUT2D eigenvalue weighted by atomic mass is 9.98. The molecule has 16 heteroatoms. The lowest BCUT2D eigenvalue weighted by Crippen LogP contribution is -2.05. The van der Waals surface area contributed by atoms with Gasteiger partial charge in [0.25, 0.3) is 0 Å². The van der Waals surface area contributed by atoms with Crippen LogP contribution < -0.4 is 41.9 Å². The van der Waals surface area contributed by atoms with Gasteiger partial charge in [0.2, 0.25) is 11.9 Å². The Balaban J connectivity index is 0.000000228. The van der Waals surface area contributed by atoms with Crippen molar-refractivity contribution in [1.82, 2.24) is 19.9 Å². The number of hydrogen-bond acceptors (Lipinski definition) is 15. The predicted octanol–water partition coefficient (Wildman–Crippen LogP) is 7.52. The number of hydrogen-bond donors (Lipinski definition) is 4. The molecule has 0 atom stereocenters. The van der Waals surface area contributed by atoms with Crippen molar-refractivity contribution >= 4 is 45.1 Å². The van der Waals surface area contributed by atoms with Crippen molar-refractivity contribution in [2.45, 2.75) is 50.3 Å². The Hall–Kier alpha value is -6.26. The van der Waals surface area contributed by atoms with Gasteiger partial charge in [-0.05, 0) is 105 Å². The van der Waals surface area contributed by atoms with Gasteiger partial charge in [0.15, 0.2) is 9.84 Å². The van der Waals surface area contributed by atoms with Crippen molar-refractivity contribution in [2.24, 2.45) is 0 Å². The van der Waals surface area contributed by atoms with E-state index in [4.69, 9.17) is 41.9 Å². The van der Waals surface area contributed by atoms with E-state index in [1.54, 1.807) is 48.4 Å². The maximum absolute atomic E-state index is 11.8. The maximum Gasteiger partial charge on any atom is 0.221 e. The van der Waals surface area contributed by atoms with Crippen LogP contribution in [0.3, 0.4) is 0 Å². The second-order valence-electron chi connectivity index (χ2n) is 13.3. The van der Waals surface area contributed by atoms with E-state index in [2.05, 4.69) is 50.5 Å². The van der Waals surface area contributed by atoms with Gasteiger partial charge in [-0.1, -0.05) is 24.3 Å². The fraction of sp³-hybridized carbons (Fsp3) is 0.273. The number of nitrogens with two attached hydrogens (primary N) is 4. The number of thioether (sulfide) groups is 1. The van der Waals surface area contributed by atoms with Crippen molar-refractivity contribution in [2.75, 3.05) is 61.9 Å². The molecule has 60 heavy (non-hydrogen) atoms. The van der Waals surface area contributed by atoms with E-state index in [0.29, 0.717) is 62.4 Å². The highest BCUT2D eigenvalue weighted by molar-refractivity contribution is 7.98. The summed E-state index contributed by atoms with van der Waals surface area (Å²) in [7, 11) is -3.29. The molecule has 0 aliphatic carbocycles. The summed E-state index contributed by atoms with van der Waals surface area (Å²) in [6.45, 7) is 9.76. The smallest absolute Gasteiger partial charge is 0.221 e. The molecule has 0 saturated heterocycles. The number of sulfone groups is 1. The molecule has 14 nitrogen and oxygen atoms in total. The Morgan fingerprint density at radius 3 is 1.22 bits per heavy atom. The van der Waals surface area contributed by atoms with E-state index in [1.807, 2.05) is 52.0 Å². The molecule has 6 aromatic rings. The molecule has 6 rings (SSSR count). The van der Waals surface area contributed by atoms with E-state index >= 15 is 0 Å². The van der Waals surface area contributed by atoms with Crippen LogP contribution in [0.25, 0.3) is 22.3 Å². The van der Waals surface area contributed by atoms with Crippen LogP contribution in [0.4, 0.5) is 23.5 Å². The molecule has 0 bridgehead atoms. The molecule has 0 fully saturated rings. The topological polar surface area (TPSA) is 227 Å². The Labute approximate surface area is 356 Å². The summed E-state index contributed by atoms with van der Waals surface area (Å²) < 4.78 is 47.5. The third-order valence-electron chi connectivity index (χ3n) is 9.02. The number of anilines is 4. The van der Waals surface area contributed by atoms with Gasteiger partial charge in [-0.15, -0.1) is 11.8 Å². The average molecular weight is 853 g/mol. The minimum atomic E-state index is -3.29. The molecule has 2 aromatic heterocycles. The summed E-state index contributed by atoms with van der Waals surface area (Å²) >= 11 is 1.71. The number of nitrogens with zero attached hydrogens (tertiary/aromatic N) is 4. The van der Waals surface area contributed by atoms with Crippen LogP contribution in [0.1, 0.15) is 49.9 Å². The Bertz CT molecular complexity index is 2450. The van der Waals surface area contributed by atoms with Crippen LogP contribution in [-0.2, 0) is 22.7 Å². The van der Waals surface area contributed by atoms with Gasteiger partial charge in [-0.3, -0.25) is 0 Å². The van der Waals surface area contributed by atoms with Gasteiger partial charge in [0.05, 0.1) is 42.4 Å². The van der Waals surface area contributed by atoms with Gasteiger partial charge in [0.1, 0.15) is 34.6 Å². The summed E-state index contributed by atoms with van der Waals surface area (Å²) in [5, 5.41) is 0. The molecular formula is C44H52N8O6S2. The fourth-order valence-electron chi connectivity index (χ4n) is 6.35. The van der Waals surface area contributed by atoms with E-state index < -0.39 is 9.84 Å². The molecule has 0 spiro atoms. The second-order valence-corrected chi connectivity index (χ2v) is 16.2. The number of aromatic nitrogens is 4. The molecular weight excluding hydrogens is 801 g/mol. The summed E-state index contributed by atoms with van der Waals surface area (Å²) in [4.78, 5) is 17.6. The molecule has 0 unspecified atom stereocenters. The quantitative estimate of drug-likeness (QED) is 0.0691. The van der Waals surface area contributed by atoms with Crippen molar-refractivity contribution in [3.8, 4) is 45.3 Å². The molecule has 4 aromatic carbocycles. The number of nitrogen functional groups attached to an aromatic ring is 4. The molecule has 0 aliphatic heterocycles. The molecule has 0 amide bonds. The molecule has 2 heterocycles. The summed E-state index contributed by atoms with van der Waals surface area (Å²) in [6, 6.07) is 23.0. The standard InChI is InChI=1S/C22H26N4O4S.C22H26N4O2S/c1-4-29-18-11-14(10-16-13-25-22(24)26-21(16)23)12-19(30-5-2)20(18)15-6-8-17(9-7-15)31(3,27)28;1-4-27-18-11-14(10-16-13-25-22(24)26-21(16)23)12-19(28-5-2)20(18)15-6-8-17(29-3)9-7-15/h6-9,11-13H,4-5,10H2,1-3H3,(H4,23,24,25,26);6-9,11-13H,4-5,10H2,1-3H3,(H4,23,24,25,26). The maximum atomic E-state index is 11.8. The summed E-state index contributed by atoms with van der Waals surface area (Å²) in [5.41, 5.74) is 30.2. The summed E-state index contributed by atoms with van der Waals surface area (Å²) in [5.74, 6) is 3.81. The molecule has 0 saturated carbocycles. The van der Waals surface area contributed by atoms with Crippen molar-refractivity contribution in [3.05, 3.63) is 107 Å². The van der Waals surface area contributed by atoms with E-state index in [0.717, 1.165) is 56.0 Å². The minimum absolute atomic E-state index is 0.124. The third-order valence-corrected chi connectivity index (χ3v) is 10.9. The fourth-order valence-corrected chi connectivity index (χ4v) is 7.38.